The number of nitrogens with one attached hydrogen (secondary N) is 1. The van der Waals surface area contributed by atoms with Crippen molar-refractivity contribution in [1.29, 1.82) is 0 Å². The van der Waals surface area contributed by atoms with Gasteiger partial charge in [0.1, 0.15) is 17.9 Å². The van der Waals surface area contributed by atoms with Gasteiger partial charge in [0.2, 0.25) is 0 Å². The first-order chi connectivity index (χ1) is 8.17. The molecular formula is C12H17N3O2. The standard InChI is InChI=1S/C12H17N3O2/c13-11-5-8(7-16)6-12(15-11)14-9-1-3-10(17)4-2-9/h5-7,9-10,17H,1-4H2,(H3,13,14,15). The van der Waals surface area contributed by atoms with Crippen LogP contribution in [0.2, 0.25) is 0 Å². The fraction of sp³-hybridized carbons (Fsp3) is 0.500. The number of nitrogen functional groups attached to an aromatic ring is 1. The van der Waals surface area contributed by atoms with Gasteiger partial charge in [-0.3, -0.25) is 4.79 Å². The molecule has 1 aromatic rings. The number of nitrogens with two attached hydrogens (primary N) is 1. The van der Waals surface area contributed by atoms with Gasteiger partial charge in [-0.1, -0.05) is 0 Å². The molecule has 5 nitrogen and oxygen atoms in total. The Morgan fingerprint density at radius 3 is 2.71 bits per heavy atom. The molecule has 1 aromatic heterocycles. The predicted molar refractivity (Wildman–Crippen MR) is 65.9 cm³/mol. The molecule has 92 valence electrons. The van der Waals surface area contributed by atoms with Gasteiger partial charge in [-0.2, -0.15) is 0 Å². The zero-order valence-electron chi connectivity index (χ0n) is 9.60. The number of aliphatic hydroxyl groups is 1. The molecule has 0 spiro atoms. The maximum atomic E-state index is 10.7. The summed E-state index contributed by atoms with van der Waals surface area (Å²) in [5.74, 6) is 0.974. The van der Waals surface area contributed by atoms with Gasteiger partial charge in [-0.15, -0.1) is 0 Å². The second-order valence-electron chi connectivity index (χ2n) is 4.48. The monoisotopic (exact) mass is 235 g/mol. The van der Waals surface area contributed by atoms with Crippen LogP contribution < -0.4 is 11.1 Å². The number of pyridine rings is 1. The van der Waals surface area contributed by atoms with Crippen molar-refractivity contribution in [1.82, 2.24) is 4.98 Å². The Bertz CT molecular complexity index is 401. The van der Waals surface area contributed by atoms with E-state index in [1.54, 1.807) is 12.1 Å². The average molecular weight is 235 g/mol. The summed E-state index contributed by atoms with van der Waals surface area (Å²) < 4.78 is 0. The molecule has 0 bridgehead atoms. The normalized spacial score (nSPS) is 24.3. The van der Waals surface area contributed by atoms with E-state index in [4.69, 9.17) is 5.73 Å². The minimum atomic E-state index is -0.174. The van der Waals surface area contributed by atoms with Crippen molar-refractivity contribution in [3.63, 3.8) is 0 Å². The van der Waals surface area contributed by atoms with Gasteiger partial charge in [0.25, 0.3) is 0 Å². The van der Waals surface area contributed by atoms with Crippen LogP contribution in [0.3, 0.4) is 0 Å². The number of carbonyl (C=O) groups excluding carboxylic acids is 1. The summed E-state index contributed by atoms with van der Waals surface area (Å²) >= 11 is 0. The molecule has 1 fully saturated rings. The van der Waals surface area contributed by atoms with Crippen molar-refractivity contribution in [3.8, 4) is 0 Å². The fourth-order valence-corrected chi connectivity index (χ4v) is 2.15. The molecular weight excluding hydrogens is 218 g/mol. The lowest BCUT2D eigenvalue weighted by atomic mass is 9.93. The van der Waals surface area contributed by atoms with Gasteiger partial charge in [0.15, 0.2) is 0 Å². The molecule has 2 rings (SSSR count). The zero-order valence-corrected chi connectivity index (χ0v) is 9.60. The molecule has 0 atom stereocenters. The van der Waals surface area contributed by atoms with Crippen molar-refractivity contribution < 1.29 is 9.90 Å². The topological polar surface area (TPSA) is 88.2 Å². The smallest absolute Gasteiger partial charge is 0.150 e. The summed E-state index contributed by atoms with van der Waals surface area (Å²) in [5, 5.41) is 12.7. The number of aromatic nitrogens is 1. The van der Waals surface area contributed by atoms with E-state index in [-0.39, 0.29) is 6.10 Å². The molecule has 1 aliphatic carbocycles. The number of hydrogen-bond donors (Lipinski definition) is 3. The second kappa shape index (κ2) is 5.14. The summed E-state index contributed by atoms with van der Waals surface area (Å²) in [6, 6.07) is 3.53. The third kappa shape index (κ3) is 3.17. The lowest BCUT2D eigenvalue weighted by Crippen LogP contribution is -2.28. The van der Waals surface area contributed by atoms with Crippen molar-refractivity contribution >= 4 is 17.9 Å². The van der Waals surface area contributed by atoms with Crippen LogP contribution in [0.5, 0.6) is 0 Å². The molecule has 1 saturated carbocycles. The molecule has 0 saturated heterocycles. The first-order valence-electron chi connectivity index (χ1n) is 5.84. The third-order valence-corrected chi connectivity index (χ3v) is 3.05. The highest BCUT2D eigenvalue weighted by Gasteiger charge is 2.19. The first kappa shape index (κ1) is 11.9. The Morgan fingerprint density at radius 1 is 1.35 bits per heavy atom. The van der Waals surface area contributed by atoms with Gasteiger partial charge in [-0.05, 0) is 37.8 Å². The average Bonchev–Trinajstić information content (AvgIpc) is 2.31. The molecule has 4 N–H and O–H groups in total. The van der Waals surface area contributed by atoms with Crippen LogP contribution in [0.15, 0.2) is 12.1 Å². The number of hydrogen-bond acceptors (Lipinski definition) is 5. The van der Waals surface area contributed by atoms with Crippen LogP contribution in [-0.2, 0) is 0 Å². The highest BCUT2D eigenvalue weighted by molar-refractivity contribution is 5.77. The Hall–Kier alpha value is -1.62. The fourth-order valence-electron chi connectivity index (χ4n) is 2.15. The van der Waals surface area contributed by atoms with Crippen LogP contribution in [-0.4, -0.2) is 28.5 Å². The second-order valence-corrected chi connectivity index (χ2v) is 4.48. The Morgan fingerprint density at radius 2 is 2.06 bits per heavy atom. The lowest BCUT2D eigenvalue weighted by molar-refractivity contribution is 0.112. The number of aldehydes is 1. The molecule has 0 unspecified atom stereocenters. The van der Waals surface area contributed by atoms with Gasteiger partial charge in [0, 0.05) is 11.6 Å². The summed E-state index contributed by atoms with van der Waals surface area (Å²) in [6.07, 6.45) is 4.02. The predicted octanol–water partition coefficient (Wildman–Crippen LogP) is 1.19. The van der Waals surface area contributed by atoms with Gasteiger partial charge < -0.3 is 16.2 Å². The van der Waals surface area contributed by atoms with Crippen LogP contribution >= 0.6 is 0 Å². The maximum Gasteiger partial charge on any atom is 0.150 e. The summed E-state index contributed by atoms with van der Waals surface area (Å²) in [5.41, 5.74) is 6.14. The van der Waals surface area contributed by atoms with E-state index in [0.717, 1.165) is 32.0 Å². The van der Waals surface area contributed by atoms with Crippen molar-refractivity contribution in [3.05, 3.63) is 17.7 Å². The molecule has 5 heteroatoms. The van der Waals surface area contributed by atoms with Crippen LogP contribution in [0.4, 0.5) is 11.6 Å². The maximum absolute atomic E-state index is 10.7. The Kier molecular flexibility index (Phi) is 3.58. The Labute approximate surface area is 100 Å². The van der Waals surface area contributed by atoms with E-state index < -0.39 is 0 Å². The van der Waals surface area contributed by atoms with Crippen LogP contribution in [0, 0.1) is 0 Å². The number of aliphatic hydroxyl groups excluding tert-OH is 1. The number of carbonyl (C=O) groups is 1. The van der Waals surface area contributed by atoms with Gasteiger partial charge >= 0.3 is 0 Å². The number of rotatable bonds is 3. The van der Waals surface area contributed by atoms with Crippen molar-refractivity contribution in [2.24, 2.45) is 0 Å². The molecule has 0 aliphatic heterocycles. The minimum Gasteiger partial charge on any atom is -0.393 e. The number of nitrogens with zero attached hydrogens (tertiary/aromatic N) is 1. The van der Waals surface area contributed by atoms with E-state index in [1.165, 1.54) is 0 Å². The van der Waals surface area contributed by atoms with E-state index in [2.05, 4.69) is 10.3 Å². The minimum absolute atomic E-state index is 0.174. The van der Waals surface area contributed by atoms with E-state index in [9.17, 15) is 9.90 Å². The molecule has 1 heterocycles. The van der Waals surface area contributed by atoms with E-state index in [1.807, 2.05) is 0 Å². The zero-order chi connectivity index (χ0) is 12.3. The lowest BCUT2D eigenvalue weighted by Gasteiger charge is -2.26. The number of anilines is 2. The molecule has 0 radical (unpaired) electrons. The molecule has 0 amide bonds. The molecule has 0 aromatic carbocycles. The van der Waals surface area contributed by atoms with Crippen molar-refractivity contribution in [2.45, 2.75) is 37.8 Å². The van der Waals surface area contributed by atoms with E-state index >= 15 is 0 Å². The molecule has 17 heavy (non-hydrogen) atoms. The van der Waals surface area contributed by atoms with Crippen molar-refractivity contribution in [2.75, 3.05) is 11.1 Å². The van der Waals surface area contributed by atoms with Crippen LogP contribution in [0.1, 0.15) is 36.0 Å². The summed E-state index contributed by atoms with van der Waals surface area (Å²) in [7, 11) is 0. The quantitative estimate of drug-likeness (QED) is 0.685. The third-order valence-electron chi connectivity index (χ3n) is 3.05. The first-order valence-corrected chi connectivity index (χ1v) is 5.84. The largest absolute Gasteiger partial charge is 0.393 e. The van der Waals surface area contributed by atoms with Gasteiger partial charge in [0.05, 0.1) is 6.10 Å². The summed E-state index contributed by atoms with van der Waals surface area (Å²) in [4.78, 5) is 14.8. The SMILES string of the molecule is Nc1cc(C=O)cc(NC2CCC(O)CC2)n1. The molecule has 1 aliphatic rings. The van der Waals surface area contributed by atoms with Crippen LogP contribution in [0.25, 0.3) is 0 Å². The summed E-state index contributed by atoms with van der Waals surface area (Å²) in [6.45, 7) is 0. The van der Waals surface area contributed by atoms with Gasteiger partial charge in [-0.25, -0.2) is 4.98 Å². The highest BCUT2D eigenvalue weighted by Crippen LogP contribution is 2.22. The Balaban J connectivity index is 2.03. The van der Waals surface area contributed by atoms with E-state index in [0.29, 0.717) is 23.2 Å². The highest BCUT2D eigenvalue weighted by atomic mass is 16.3.